The monoisotopic (exact) mass is 418 g/mol. The highest BCUT2D eigenvalue weighted by Gasteiger charge is 2.12. The molecule has 31 heavy (non-hydrogen) atoms. The van der Waals surface area contributed by atoms with Crippen molar-refractivity contribution in [3.8, 4) is 5.69 Å². The van der Waals surface area contributed by atoms with Gasteiger partial charge in [0.25, 0.3) is 0 Å². The molecular formula is C25H26N2O4. The molecule has 0 fully saturated rings. The van der Waals surface area contributed by atoms with Crippen molar-refractivity contribution in [2.75, 3.05) is 13.2 Å². The van der Waals surface area contributed by atoms with Gasteiger partial charge >= 0.3 is 11.9 Å². The minimum Gasteiger partial charge on any atom is -0.462 e. The summed E-state index contributed by atoms with van der Waals surface area (Å²) in [6.07, 6.45) is 1.80. The van der Waals surface area contributed by atoms with Gasteiger partial charge in [0.15, 0.2) is 0 Å². The first-order valence-electron chi connectivity index (χ1n) is 10.2. The number of rotatable bonds is 7. The number of nitrogens with zero attached hydrogens (tertiary/aromatic N) is 2. The molecule has 0 radical (unpaired) electrons. The molecule has 0 spiro atoms. The van der Waals surface area contributed by atoms with E-state index >= 15 is 0 Å². The summed E-state index contributed by atoms with van der Waals surface area (Å²) in [7, 11) is 0. The fourth-order valence-corrected chi connectivity index (χ4v) is 3.34. The number of carbonyl (C=O) groups excluding carboxylic acids is 2. The maximum absolute atomic E-state index is 12.1. The second-order valence-electron chi connectivity index (χ2n) is 6.96. The standard InChI is InChI=1S/C25H26N2O4/c1-5-30-24(28)19-10-12-22(13-11-19)26-16-21-14-17(3)27(18(21)4)23-9-7-8-20(15-23)25(29)31-6-2/h7-16H,5-6H2,1-4H3. The summed E-state index contributed by atoms with van der Waals surface area (Å²) in [6, 6.07) is 16.4. The molecular weight excluding hydrogens is 392 g/mol. The fraction of sp³-hybridized carbons (Fsp3) is 0.240. The third-order valence-corrected chi connectivity index (χ3v) is 4.82. The van der Waals surface area contributed by atoms with Gasteiger partial charge in [-0.2, -0.15) is 0 Å². The van der Waals surface area contributed by atoms with Gasteiger partial charge in [0.1, 0.15) is 0 Å². The number of aryl methyl sites for hydroxylation is 1. The van der Waals surface area contributed by atoms with Crippen molar-refractivity contribution in [2.24, 2.45) is 4.99 Å². The van der Waals surface area contributed by atoms with E-state index < -0.39 is 0 Å². The summed E-state index contributed by atoms with van der Waals surface area (Å²) < 4.78 is 12.2. The van der Waals surface area contributed by atoms with Crippen LogP contribution in [-0.2, 0) is 9.47 Å². The van der Waals surface area contributed by atoms with Crippen LogP contribution in [0.4, 0.5) is 5.69 Å². The summed E-state index contributed by atoms with van der Waals surface area (Å²) in [6.45, 7) is 8.27. The average molecular weight is 418 g/mol. The molecule has 160 valence electrons. The molecule has 3 aromatic rings. The Morgan fingerprint density at radius 2 is 1.55 bits per heavy atom. The zero-order valence-corrected chi connectivity index (χ0v) is 18.2. The fourth-order valence-electron chi connectivity index (χ4n) is 3.34. The Balaban J connectivity index is 1.84. The minimum absolute atomic E-state index is 0.333. The first kappa shape index (κ1) is 22.0. The van der Waals surface area contributed by atoms with Crippen LogP contribution in [0.3, 0.4) is 0 Å². The minimum atomic E-state index is -0.341. The van der Waals surface area contributed by atoms with Crippen LogP contribution in [-0.4, -0.2) is 35.9 Å². The van der Waals surface area contributed by atoms with Crippen molar-refractivity contribution in [1.29, 1.82) is 0 Å². The van der Waals surface area contributed by atoms with E-state index in [0.29, 0.717) is 24.3 Å². The summed E-state index contributed by atoms with van der Waals surface area (Å²) in [5.74, 6) is -0.675. The molecule has 1 aromatic heterocycles. The lowest BCUT2D eigenvalue weighted by molar-refractivity contribution is 0.0517. The molecule has 0 amide bonds. The van der Waals surface area contributed by atoms with Gasteiger partial charge < -0.3 is 14.0 Å². The predicted molar refractivity (Wildman–Crippen MR) is 121 cm³/mol. The van der Waals surface area contributed by atoms with Crippen LogP contribution in [0.15, 0.2) is 59.6 Å². The number of hydrogen-bond acceptors (Lipinski definition) is 5. The number of carbonyl (C=O) groups is 2. The largest absolute Gasteiger partial charge is 0.462 e. The SMILES string of the molecule is CCOC(=O)c1ccc(N=Cc2cc(C)n(-c3cccc(C(=O)OCC)c3)c2C)cc1. The summed E-state index contributed by atoms with van der Waals surface area (Å²) in [5.41, 5.74) is 5.64. The molecule has 0 saturated carbocycles. The van der Waals surface area contributed by atoms with Gasteiger partial charge in [-0.15, -0.1) is 0 Å². The van der Waals surface area contributed by atoms with Crippen LogP contribution in [0.5, 0.6) is 0 Å². The zero-order chi connectivity index (χ0) is 22.4. The maximum Gasteiger partial charge on any atom is 0.338 e. The number of benzene rings is 2. The molecule has 1 heterocycles. The highest BCUT2D eigenvalue weighted by molar-refractivity contribution is 5.91. The van der Waals surface area contributed by atoms with Gasteiger partial charge in [-0.05, 0) is 76.2 Å². The van der Waals surface area contributed by atoms with E-state index in [9.17, 15) is 9.59 Å². The van der Waals surface area contributed by atoms with Crippen LogP contribution >= 0.6 is 0 Å². The average Bonchev–Trinajstić information content (AvgIpc) is 3.06. The van der Waals surface area contributed by atoms with Crippen molar-refractivity contribution >= 4 is 23.8 Å². The number of esters is 2. The van der Waals surface area contributed by atoms with E-state index in [1.807, 2.05) is 38.1 Å². The molecule has 6 nitrogen and oxygen atoms in total. The van der Waals surface area contributed by atoms with E-state index in [0.717, 1.165) is 28.3 Å². The Hall–Kier alpha value is -3.67. The number of aromatic nitrogens is 1. The predicted octanol–water partition coefficient (Wildman–Crippen LogP) is 5.20. The molecule has 0 aliphatic carbocycles. The van der Waals surface area contributed by atoms with E-state index in [-0.39, 0.29) is 11.9 Å². The van der Waals surface area contributed by atoms with Crippen LogP contribution in [0.1, 0.15) is 51.5 Å². The van der Waals surface area contributed by atoms with Crippen LogP contribution < -0.4 is 0 Å². The van der Waals surface area contributed by atoms with E-state index in [1.54, 1.807) is 50.4 Å². The van der Waals surface area contributed by atoms with Gasteiger partial charge in [-0.1, -0.05) is 6.07 Å². The molecule has 0 saturated heterocycles. The quantitative estimate of drug-likeness (QED) is 0.391. The topological polar surface area (TPSA) is 69.9 Å². The Morgan fingerprint density at radius 1 is 0.903 bits per heavy atom. The molecule has 3 rings (SSSR count). The number of ether oxygens (including phenoxy) is 2. The molecule has 6 heteroatoms. The van der Waals surface area contributed by atoms with Crippen LogP contribution in [0.2, 0.25) is 0 Å². The Morgan fingerprint density at radius 3 is 2.19 bits per heavy atom. The molecule has 0 bridgehead atoms. The van der Waals surface area contributed by atoms with E-state index in [1.165, 1.54) is 0 Å². The third-order valence-electron chi connectivity index (χ3n) is 4.82. The molecule has 0 unspecified atom stereocenters. The van der Waals surface area contributed by atoms with Gasteiger partial charge in [0.05, 0.1) is 30.0 Å². The van der Waals surface area contributed by atoms with Crippen molar-refractivity contribution in [3.63, 3.8) is 0 Å². The molecule has 0 N–H and O–H groups in total. The van der Waals surface area contributed by atoms with Crippen LogP contribution in [0, 0.1) is 13.8 Å². The molecule has 0 aliphatic rings. The van der Waals surface area contributed by atoms with E-state index in [2.05, 4.69) is 9.56 Å². The van der Waals surface area contributed by atoms with Gasteiger partial charge in [-0.3, -0.25) is 4.99 Å². The van der Waals surface area contributed by atoms with Crippen molar-refractivity contribution in [3.05, 3.63) is 82.7 Å². The Labute approximate surface area is 182 Å². The first-order chi connectivity index (χ1) is 14.9. The number of hydrogen-bond donors (Lipinski definition) is 0. The Kier molecular flexibility index (Phi) is 7.03. The lowest BCUT2D eigenvalue weighted by Gasteiger charge is -2.11. The molecule has 2 aromatic carbocycles. The van der Waals surface area contributed by atoms with Crippen molar-refractivity contribution < 1.29 is 19.1 Å². The zero-order valence-electron chi connectivity index (χ0n) is 18.2. The first-order valence-corrected chi connectivity index (χ1v) is 10.2. The van der Waals surface area contributed by atoms with Gasteiger partial charge in [0, 0.05) is 28.9 Å². The summed E-state index contributed by atoms with van der Waals surface area (Å²) in [4.78, 5) is 28.4. The van der Waals surface area contributed by atoms with Crippen molar-refractivity contribution in [2.45, 2.75) is 27.7 Å². The second kappa shape index (κ2) is 9.89. The molecule has 0 aliphatic heterocycles. The van der Waals surface area contributed by atoms with Gasteiger partial charge in [0.2, 0.25) is 0 Å². The summed E-state index contributed by atoms with van der Waals surface area (Å²) >= 11 is 0. The van der Waals surface area contributed by atoms with E-state index in [4.69, 9.17) is 9.47 Å². The number of aliphatic imine (C=N–C) groups is 1. The second-order valence-corrected chi connectivity index (χ2v) is 6.96. The summed E-state index contributed by atoms with van der Waals surface area (Å²) in [5, 5.41) is 0. The lowest BCUT2D eigenvalue weighted by atomic mass is 10.2. The third kappa shape index (κ3) is 5.09. The normalized spacial score (nSPS) is 11.0. The highest BCUT2D eigenvalue weighted by Crippen LogP contribution is 2.22. The molecule has 0 atom stereocenters. The Bertz CT molecular complexity index is 1110. The highest BCUT2D eigenvalue weighted by atomic mass is 16.5. The maximum atomic E-state index is 12.1. The van der Waals surface area contributed by atoms with Crippen LogP contribution in [0.25, 0.3) is 5.69 Å². The lowest BCUT2D eigenvalue weighted by Crippen LogP contribution is -2.06. The smallest absolute Gasteiger partial charge is 0.338 e. The van der Waals surface area contributed by atoms with Crippen molar-refractivity contribution in [1.82, 2.24) is 4.57 Å². The van der Waals surface area contributed by atoms with Gasteiger partial charge in [-0.25, -0.2) is 9.59 Å².